The number of benzene rings is 1. The van der Waals surface area contributed by atoms with E-state index in [1.807, 2.05) is 0 Å². The Morgan fingerprint density at radius 3 is 2.71 bits per heavy atom. The van der Waals surface area contributed by atoms with Gasteiger partial charge in [0.15, 0.2) is 0 Å². The minimum absolute atomic E-state index is 0. The largest absolute Gasteiger partial charge is 0.387 e. The summed E-state index contributed by atoms with van der Waals surface area (Å²) in [5, 5.41) is 13.7. The van der Waals surface area contributed by atoms with E-state index in [1.165, 1.54) is 25.0 Å². The molecule has 1 aromatic rings. The second-order valence-electron chi connectivity index (χ2n) is 5.07. The number of aliphatic hydroxyl groups is 1. The van der Waals surface area contributed by atoms with Gasteiger partial charge in [0.25, 0.3) is 0 Å². The van der Waals surface area contributed by atoms with Crippen LogP contribution in [0.2, 0.25) is 0 Å². The lowest BCUT2D eigenvalue weighted by Gasteiger charge is -2.20. The van der Waals surface area contributed by atoms with Crippen LogP contribution in [-0.4, -0.2) is 16.7 Å². The zero-order chi connectivity index (χ0) is 11.2. The summed E-state index contributed by atoms with van der Waals surface area (Å²) < 4.78 is 13.0. The van der Waals surface area contributed by atoms with Crippen molar-refractivity contribution in [1.82, 2.24) is 5.32 Å². The van der Waals surface area contributed by atoms with Crippen molar-refractivity contribution >= 4 is 12.4 Å². The molecule has 4 heteroatoms. The average Bonchev–Trinajstić information content (AvgIpc) is 2.88. The number of hydrogen-bond donors (Lipinski definition) is 2. The summed E-state index contributed by atoms with van der Waals surface area (Å²) in [5.41, 5.74) is 0.995. The SMILES string of the molecule is Cl.OC(c1cccc(F)c1)[C@H]1CCC2(CC2)N1. The predicted octanol–water partition coefficient (Wildman–Crippen LogP) is 2.57. The zero-order valence-electron chi connectivity index (χ0n) is 9.53. The van der Waals surface area contributed by atoms with Gasteiger partial charge in [0.1, 0.15) is 5.82 Å². The Balaban J connectivity index is 0.00000108. The van der Waals surface area contributed by atoms with Crippen molar-refractivity contribution < 1.29 is 9.50 Å². The number of aliphatic hydroxyl groups excluding tert-OH is 1. The Labute approximate surface area is 107 Å². The molecular weight excluding hydrogens is 241 g/mol. The topological polar surface area (TPSA) is 32.3 Å². The third kappa shape index (κ3) is 2.46. The Kier molecular flexibility index (Phi) is 3.43. The summed E-state index contributed by atoms with van der Waals surface area (Å²) in [6.45, 7) is 0. The van der Waals surface area contributed by atoms with Gasteiger partial charge in [0.05, 0.1) is 6.10 Å². The molecule has 2 atom stereocenters. The van der Waals surface area contributed by atoms with Crippen LogP contribution < -0.4 is 5.32 Å². The summed E-state index contributed by atoms with van der Waals surface area (Å²) in [4.78, 5) is 0. The summed E-state index contributed by atoms with van der Waals surface area (Å²) in [7, 11) is 0. The fourth-order valence-corrected chi connectivity index (χ4v) is 2.67. The van der Waals surface area contributed by atoms with Crippen LogP contribution in [0, 0.1) is 5.82 Å². The maximum absolute atomic E-state index is 13.0. The predicted molar refractivity (Wildman–Crippen MR) is 66.7 cm³/mol. The second kappa shape index (κ2) is 4.56. The van der Waals surface area contributed by atoms with Gasteiger partial charge in [-0.1, -0.05) is 12.1 Å². The van der Waals surface area contributed by atoms with E-state index < -0.39 is 6.10 Å². The van der Waals surface area contributed by atoms with E-state index in [2.05, 4.69) is 5.32 Å². The van der Waals surface area contributed by atoms with Crippen LogP contribution in [0.25, 0.3) is 0 Å². The summed E-state index contributed by atoms with van der Waals surface area (Å²) in [6.07, 6.45) is 3.98. The molecule has 17 heavy (non-hydrogen) atoms. The molecule has 1 unspecified atom stereocenters. The number of halogens is 2. The number of nitrogens with one attached hydrogen (secondary N) is 1. The molecule has 2 nitrogen and oxygen atoms in total. The van der Waals surface area contributed by atoms with E-state index in [4.69, 9.17) is 0 Å². The lowest BCUT2D eigenvalue weighted by atomic mass is 10.0. The fraction of sp³-hybridized carbons (Fsp3) is 0.538. The van der Waals surface area contributed by atoms with Crippen LogP contribution in [-0.2, 0) is 0 Å². The van der Waals surface area contributed by atoms with Crippen LogP contribution in [0.15, 0.2) is 24.3 Å². The molecule has 1 saturated heterocycles. The Morgan fingerprint density at radius 2 is 2.12 bits per heavy atom. The molecule has 3 rings (SSSR count). The van der Waals surface area contributed by atoms with Crippen LogP contribution in [0.4, 0.5) is 4.39 Å². The van der Waals surface area contributed by atoms with Crippen LogP contribution in [0.1, 0.15) is 37.4 Å². The maximum Gasteiger partial charge on any atom is 0.123 e. The molecule has 0 aromatic heterocycles. The van der Waals surface area contributed by atoms with Gasteiger partial charge in [-0.25, -0.2) is 4.39 Å². The Hall–Kier alpha value is -0.640. The van der Waals surface area contributed by atoms with Crippen molar-refractivity contribution in [3.05, 3.63) is 35.6 Å². The third-order valence-electron chi connectivity index (χ3n) is 3.85. The molecule has 2 N–H and O–H groups in total. The minimum atomic E-state index is -0.587. The Morgan fingerprint density at radius 1 is 1.35 bits per heavy atom. The number of hydrogen-bond acceptors (Lipinski definition) is 2. The summed E-state index contributed by atoms with van der Waals surface area (Å²) >= 11 is 0. The average molecular weight is 258 g/mol. The molecule has 1 heterocycles. The van der Waals surface area contributed by atoms with Gasteiger partial charge in [-0.2, -0.15) is 0 Å². The summed E-state index contributed by atoms with van der Waals surface area (Å²) in [6, 6.07) is 6.35. The monoisotopic (exact) mass is 257 g/mol. The van der Waals surface area contributed by atoms with E-state index in [0.29, 0.717) is 11.1 Å². The molecule has 0 amide bonds. The van der Waals surface area contributed by atoms with Gasteiger partial charge < -0.3 is 10.4 Å². The standard InChI is InChI=1S/C13H16FNO.ClH/c14-10-3-1-2-9(8-10)12(16)11-4-5-13(15-11)6-7-13;/h1-3,8,11-12,15-16H,4-7H2;1H/t11-,12?;/m1./s1. The maximum atomic E-state index is 13.0. The first-order valence-electron chi connectivity index (χ1n) is 5.90. The molecule has 1 aromatic carbocycles. The smallest absolute Gasteiger partial charge is 0.123 e. The first-order chi connectivity index (χ1) is 7.69. The minimum Gasteiger partial charge on any atom is -0.387 e. The first kappa shape index (κ1) is 12.8. The highest BCUT2D eigenvalue weighted by atomic mass is 35.5. The first-order valence-corrected chi connectivity index (χ1v) is 5.90. The van der Waals surface area contributed by atoms with Crippen LogP contribution in [0.5, 0.6) is 0 Å². The lowest BCUT2D eigenvalue weighted by Crippen LogP contribution is -2.35. The molecule has 1 saturated carbocycles. The van der Waals surface area contributed by atoms with Crippen molar-refractivity contribution in [2.75, 3.05) is 0 Å². The molecule has 0 radical (unpaired) electrons. The highest BCUT2D eigenvalue weighted by Gasteiger charge is 2.49. The summed E-state index contributed by atoms with van der Waals surface area (Å²) in [5.74, 6) is -0.282. The van der Waals surface area contributed by atoms with Crippen molar-refractivity contribution in [2.24, 2.45) is 0 Å². The van der Waals surface area contributed by atoms with Crippen molar-refractivity contribution in [3.8, 4) is 0 Å². The molecule has 94 valence electrons. The third-order valence-corrected chi connectivity index (χ3v) is 3.85. The van der Waals surface area contributed by atoms with Crippen molar-refractivity contribution in [1.29, 1.82) is 0 Å². The molecular formula is C13H17ClFNO. The van der Waals surface area contributed by atoms with Gasteiger partial charge in [-0.3, -0.25) is 0 Å². The highest BCUT2D eigenvalue weighted by molar-refractivity contribution is 5.85. The normalized spacial score (nSPS) is 26.6. The van der Waals surface area contributed by atoms with Crippen molar-refractivity contribution in [3.63, 3.8) is 0 Å². The molecule has 1 aliphatic heterocycles. The van der Waals surface area contributed by atoms with Gasteiger partial charge in [0.2, 0.25) is 0 Å². The second-order valence-corrected chi connectivity index (χ2v) is 5.07. The van der Waals surface area contributed by atoms with Crippen LogP contribution >= 0.6 is 12.4 Å². The highest BCUT2D eigenvalue weighted by Crippen LogP contribution is 2.46. The molecule has 0 bridgehead atoms. The van der Waals surface area contributed by atoms with E-state index in [0.717, 1.165) is 12.8 Å². The van der Waals surface area contributed by atoms with Gasteiger partial charge in [-0.05, 0) is 43.4 Å². The van der Waals surface area contributed by atoms with E-state index in [9.17, 15) is 9.50 Å². The van der Waals surface area contributed by atoms with Crippen molar-refractivity contribution in [2.45, 2.75) is 43.4 Å². The molecule has 2 aliphatic rings. The molecule has 1 aliphatic carbocycles. The number of rotatable bonds is 2. The zero-order valence-corrected chi connectivity index (χ0v) is 10.3. The molecule has 2 fully saturated rings. The fourth-order valence-electron chi connectivity index (χ4n) is 2.67. The van der Waals surface area contributed by atoms with Gasteiger partial charge >= 0.3 is 0 Å². The quantitative estimate of drug-likeness (QED) is 0.854. The van der Waals surface area contributed by atoms with Gasteiger partial charge in [-0.15, -0.1) is 12.4 Å². The van der Waals surface area contributed by atoms with Crippen LogP contribution in [0.3, 0.4) is 0 Å². The lowest BCUT2D eigenvalue weighted by molar-refractivity contribution is 0.134. The van der Waals surface area contributed by atoms with E-state index >= 15 is 0 Å². The molecule has 1 spiro atoms. The van der Waals surface area contributed by atoms with Gasteiger partial charge in [0, 0.05) is 11.6 Å². The van der Waals surface area contributed by atoms with E-state index in [-0.39, 0.29) is 24.3 Å². The Bertz CT molecular complexity index is 408. The van der Waals surface area contributed by atoms with E-state index in [1.54, 1.807) is 12.1 Å².